The van der Waals surface area contributed by atoms with Crippen molar-refractivity contribution in [1.29, 1.82) is 0 Å². The van der Waals surface area contributed by atoms with Crippen molar-refractivity contribution in [2.75, 3.05) is 18.9 Å². The molecular formula is C13H18N2O2S. The number of hydrogen-bond acceptors (Lipinski definition) is 4. The van der Waals surface area contributed by atoms with Gasteiger partial charge in [-0.2, -0.15) is 0 Å². The van der Waals surface area contributed by atoms with E-state index in [0.29, 0.717) is 12.3 Å². The summed E-state index contributed by atoms with van der Waals surface area (Å²) in [5.41, 5.74) is 1.12. The van der Waals surface area contributed by atoms with E-state index in [1.165, 1.54) is 0 Å². The number of aliphatic hydroxyl groups is 1. The van der Waals surface area contributed by atoms with E-state index in [9.17, 15) is 4.79 Å². The van der Waals surface area contributed by atoms with Crippen LogP contribution in [0, 0.1) is 5.41 Å². The number of aliphatic hydroxyl groups excluding tert-OH is 1. The van der Waals surface area contributed by atoms with Gasteiger partial charge in [-0.1, -0.05) is 6.07 Å². The second-order valence-corrected chi connectivity index (χ2v) is 5.77. The lowest BCUT2D eigenvalue weighted by Crippen LogP contribution is -2.33. The summed E-state index contributed by atoms with van der Waals surface area (Å²) in [6, 6.07) is 3.90. The van der Waals surface area contributed by atoms with Crippen molar-refractivity contribution in [3.63, 3.8) is 0 Å². The molecule has 0 atom stereocenters. The predicted molar refractivity (Wildman–Crippen MR) is 72.2 cm³/mol. The summed E-state index contributed by atoms with van der Waals surface area (Å²) in [4.78, 5) is 15.6. The normalized spacial score (nSPS) is 16.3. The molecule has 0 radical (unpaired) electrons. The highest BCUT2D eigenvalue weighted by Crippen LogP contribution is 2.44. The van der Waals surface area contributed by atoms with Crippen LogP contribution in [0.5, 0.6) is 0 Å². The van der Waals surface area contributed by atoms with E-state index < -0.39 is 0 Å². The molecule has 1 aliphatic carbocycles. The van der Waals surface area contributed by atoms with Crippen molar-refractivity contribution >= 4 is 17.7 Å². The van der Waals surface area contributed by atoms with Crippen LogP contribution in [0.15, 0.2) is 24.5 Å². The summed E-state index contributed by atoms with van der Waals surface area (Å²) in [7, 11) is 0. The molecule has 0 aliphatic heterocycles. The van der Waals surface area contributed by atoms with Crippen LogP contribution in [0.4, 0.5) is 0 Å². The maximum absolute atomic E-state index is 11.6. The van der Waals surface area contributed by atoms with Crippen LogP contribution in [0.1, 0.15) is 18.4 Å². The van der Waals surface area contributed by atoms with Crippen molar-refractivity contribution in [1.82, 2.24) is 10.3 Å². The highest BCUT2D eigenvalue weighted by atomic mass is 32.2. The van der Waals surface area contributed by atoms with Gasteiger partial charge in [0.15, 0.2) is 0 Å². The predicted octanol–water partition coefficient (Wildman–Crippen LogP) is 1.20. The fourth-order valence-electron chi connectivity index (χ4n) is 1.65. The van der Waals surface area contributed by atoms with Crippen molar-refractivity contribution in [3.8, 4) is 0 Å². The molecule has 0 unspecified atom stereocenters. The van der Waals surface area contributed by atoms with Crippen LogP contribution in [0.3, 0.4) is 0 Å². The van der Waals surface area contributed by atoms with Crippen LogP contribution >= 0.6 is 11.8 Å². The zero-order chi connectivity index (χ0) is 12.8. The summed E-state index contributed by atoms with van der Waals surface area (Å²) in [5.74, 6) is 1.30. The maximum atomic E-state index is 11.6. The Labute approximate surface area is 111 Å². The van der Waals surface area contributed by atoms with Crippen LogP contribution in [0.2, 0.25) is 0 Å². The Kier molecular flexibility index (Phi) is 4.60. The number of aromatic nitrogens is 1. The van der Waals surface area contributed by atoms with Crippen molar-refractivity contribution in [2.24, 2.45) is 5.41 Å². The first kappa shape index (κ1) is 13.4. The van der Waals surface area contributed by atoms with Gasteiger partial charge in [0, 0.05) is 30.1 Å². The lowest BCUT2D eigenvalue weighted by Gasteiger charge is -2.12. The molecule has 1 saturated carbocycles. The van der Waals surface area contributed by atoms with Gasteiger partial charge in [0.1, 0.15) is 0 Å². The first-order chi connectivity index (χ1) is 8.74. The first-order valence-electron chi connectivity index (χ1n) is 6.08. The van der Waals surface area contributed by atoms with Crippen LogP contribution in [-0.4, -0.2) is 34.9 Å². The average molecular weight is 266 g/mol. The summed E-state index contributed by atoms with van der Waals surface area (Å²) in [5, 5.41) is 12.0. The van der Waals surface area contributed by atoms with Gasteiger partial charge < -0.3 is 10.4 Å². The molecule has 1 heterocycles. The van der Waals surface area contributed by atoms with Gasteiger partial charge in [0.05, 0.1) is 12.4 Å². The summed E-state index contributed by atoms with van der Waals surface area (Å²) >= 11 is 1.58. The molecule has 0 saturated heterocycles. The van der Waals surface area contributed by atoms with Gasteiger partial charge in [-0.05, 0) is 24.5 Å². The quantitative estimate of drug-likeness (QED) is 0.778. The molecule has 1 fully saturated rings. The Balaban J connectivity index is 1.60. The highest BCUT2D eigenvalue weighted by molar-refractivity contribution is 7.99. The monoisotopic (exact) mass is 266 g/mol. The number of nitrogens with one attached hydrogen (secondary N) is 1. The molecule has 2 N–H and O–H groups in total. The number of carbonyl (C=O) groups excluding carboxylic acids is 1. The van der Waals surface area contributed by atoms with E-state index in [1.54, 1.807) is 18.0 Å². The number of amides is 1. The number of nitrogens with zero attached hydrogens (tertiary/aromatic N) is 1. The molecule has 4 nitrogen and oxygen atoms in total. The highest BCUT2D eigenvalue weighted by Gasteiger charge is 2.41. The van der Waals surface area contributed by atoms with Gasteiger partial charge in [0.25, 0.3) is 0 Å². The number of carbonyl (C=O) groups is 1. The van der Waals surface area contributed by atoms with E-state index in [2.05, 4.69) is 10.3 Å². The standard InChI is InChI=1S/C13H18N2O2S/c16-10-13(3-4-13)9-15-12(17)8-18-7-11-2-1-5-14-6-11/h1-2,5-6,16H,3-4,7-10H2,(H,15,17). The topological polar surface area (TPSA) is 62.2 Å². The van der Waals surface area contributed by atoms with Crippen molar-refractivity contribution in [3.05, 3.63) is 30.1 Å². The number of hydrogen-bond donors (Lipinski definition) is 2. The Morgan fingerprint density at radius 3 is 3.00 bits per heavy atom. The Hall–Kier alpha value is -1.07. The zero-order valence-corrected chi connectivity index (χ0v) is 11.1. The molecule has 1 aliphatic rings. The van der Waals surface area contributed by atoms with Crippen LogP contribution < -0.4 is 5.32 Å². The van der Waals surface area contributed by atoms with E-state index in [1.807, 2.05) is 18.3 Å². The molecular weight excluding hydrogens is 248 g/mol. The smallest absolute Gasteiger partial charge is 0.230 e. The minimum atomic E-state index is -0.0102. The Morgan fingerprint density at radius 2 is 2.39 bits per heavy atom. The zero-order valence-electron chi connectivity index (χ0n) is 10.3. The minimum absolute atomic E-state index is 0.0102. The maximum Gasteiger partial charge on any atom is 0.230 e. The Bertz CT molecular complexity index is 393. The average Bonchev–Trinajstić information content (AvgIpc) is 3.18. The molecule has 0 bridgehead atoms. The lowest BCUT2D eigenvalue weighted by atomic mass is 10.1. The van der Waals surface area contributed by atoms with E-state index in [-0.39, 0.29) is 17.9 Å². The van der Waals surface area contributed by atoms with Crippen molar-refractivity contribution in [2.45, 2.75) is 18.6 Å². The molecule has 1 amide bonds. The lowest BCUT2D eigenvalue weighted by molar-refractivity contribution is -0.118. The molecule has 1 aromatic rings. The van der Waals surface area contributed by atoms with Gasteiger partial charge in [-0.25, -0.2) is 0 Å². The van der Waals surface area contributed by atoms with Gasteiger partial charge in [-0.3, -0.25) is 9.78 Å². The molecule has 0 spiro atoms. The van der Waals surface area contributed by atoms with Crippen LogP contribution in [-0.2, 0) is 10.5 Å². The van der Waals surface area contributed by atoms with Gasteiger partial charge in [0.2, 0.25) is 5.91 Å². The summed E-state index contributed by atoms with van der Waals surface area (Å²) in [6.07, 6.45) is 5.60. The van der Waals surface area contributed by atoms with Crippen LogP contribution in [0.25, 0.3) is 0 Å². The third-order valence-corrected chi connectivity index (χ3v) is 4.18. The summed E-state index contributed by atoms with van der Waals surface area (Å²) < 4.78 is 0. The fraction of sp³-hybridized carbons (Fsp3) is 0.538. The first-order valence-corrected chi connectivity index (χ1v) is 7.24. The van der Waals surface area contributed by atoms with E-state index >= 15 is 0 Å². The third kappa shape index (κ3) is 3.99. The fourth-order valence-corrected chi connectivity index (χ4v) is 2.45. The molecule has 2 rings (SSSR count). The summed E-state index contributed by atoms with van der Waals surface area (Å²) in [6.45, 7) is 0.784. The largest absolute Gasteiger partial charge is 0.396 e. The molecule has 18 heavy (non-hydrogen) atoms. The minimum Gasteiger partial charge on any atom is -0.396 e. The van der Waals surface area contributed by atoms with E-state index in [4.69, 9.17) is 5.11 Å². The van der Waals surface area contributed by atoms with Crippen molar-refractivity contribution < 1.29 is 9.90 Å². The van der Waals surface area contributed by atoms with Gasteiger partial charge >= 0.3 is 0 Å². The SMILES string of the molecule is O=C(CSCc1cccnc1)NCC1(CO)CC1. The molecule has 0 aromatic carbocycles. The third-order valence-electron chi connectivity index (χ3n) is 3.18. The molecule has 98 valence electrons. The van der Waals surface area contributed by atoms with E-state index in [0.717, 1.165) is 24.2 Å². The second kappa shape index (κ2) is 6.20. The molecule has 1 aromatic heterocycles. The number of rotatable bonds is 7. The Morgan fingerprint density at radius 1 is 1.56 bits per heavy atom. The number of pyridine rings is 1. The molecule has 5 heteroatoms. The van der Waals surface area contributed by atoms with Gasteiger partial charge in [-0.15, -0.1) is 11.8 Å². The number of thioether (sulfide) groups is 1. The second-order valence-electron chi connectivity index (χ2n) is 4.79.